The third-order valence-electron chi connectivity index (χ3n) is 3.71. The summed E-state index contributed by atoms with van der Waals surface area (Å²) in [5, 5.41) is 6.40. The lowest BCUT2D eigenvalue weighted by Crippen LogP contribution is -2.49. The molecular weight excluding hydrogens is 340 g/mol. The summed E-state index contributed by atoms with van der Waals surface area (Å²) >= 11 is 5.20. The number of amides is 2. The van der Waals surface area contributed by atoms with Crippen LogP contribution in [0.3, 0.4) is 0 Å². The van der Waals surface area contributed by atoms with Crippen molar-refractivity contribution in [3.63, 3.8) is 0 Å². The smallest absolute Gasteiger partial charge is 0.240 e. The quantitative estimate of drug-likeness (QED) is 0.601. The van der Waals surface area contributed by atoms with Crippen LogP contribution < -0.4 is 21.1 Å². The zero-order chi connectivity index (χ0) is 19.0. The number of nitrogens with two attached hydrogens (primary N) is 1. The third-order valence-corrected chi connectivity index (χ3v) is 3.95. The number of carbonyl (C=O) groups is 2. The Morgan fingerprint density at radius 1 is 1.28 bits per heavy atom. The number of ether oxygens (including phenoxy) is 1. The molecule has 1 aromatic rings. The Hall–Kier alpha value is -2.35. The van der Waals surface area contributed by atoms with Gasteiger partial charge in [-0.25, -0.2) is 0 Å². The summed E-state index contributed by atoms with van der Waals surface area (Å²) in [6.45, 7) is 4.06. The molecule has 0 aromatic heterocycles. The molecule has 1 rings (SSSR count). The normalized spacial score (nSPS) is 11.6. The molecule has 0 bridgehead atoms. The number of nitrogens with zero attached hydrogens (tertiary/aromatic N) is 1. The number of anilines is 1. The fourth-order valence-corrected chi connectivity index (χ4v) is 2.65. The van der Waals surface area contributed by atoms with E-state index < -0.39 is 11.9 Å². The van der Waals surface area contributed by atoms with Crippen molar-refractivity contribution in [2.45, 2.75) is 26.3 Å². The van der Waals surface area contributed by atoms with Crippen LogP contribution in [0.5, 0.6) is 5.75 Å². The van der Waals surface area contributed by atoms with E-state index in [1.165, 1.54) is 4.90 Å². The van der Waals surface area contributed by atoms with E-state index in [1.807, 2.05) is 38.1 Å². The van der Waals surface area contributed by atoms with Gasteiger partial charge in [0.25, 0.3) is 0 Å². The molecule has 1 atom stereocenters. The summed E-state index contributed by atoms with van der Waals surface area (Å²) < 4.78 is 5.09. The molecule has 0 heterocycles. The van der Waals surface area contributed by atoms with Crippen LogP contribution in [0.2, 0.25) is 0 Å². The molecule has 0 saturated carbocycles. The Morgan fingerprint density at radius 3 is 2.36 bits per heavy atom. The van der Waals surface area contributed by atoms with Gasteiger partial charge in [-0.1, -0.05) is 13.8 Å². The number of hydrogen-bond acceptors (Lipinski definition) is 4. The summed E-state index contributed by atoms with van der Waals surface area (Å²) in [5.41, 5.74) is 6.19. The molecule has 2 amide bonds. The lowest BCUT2D eigenvalue weighted by molar-refractivity contribution is -0.139. The van der Waals surface area contributed by atoms with Crippen molar-refractivity contribution in [3.8, 4) is 5.75 Å². The highest BCUT2D eigenvalue weighted by Crippen LogP contribution is 2.14. The van der Waals surface area contributed by atoms with Gasteiger partial charge < -0.3 is 26.0 Å². The molecular formula is C17H26N4O3S. The SMILES string of the molecule is COc1ccc(NC(=S)NCCC(=O)N(C)C(C(N)=O)C(C)C)cc1. The zero-order valence-corrected chi connectivity index (χ0v) is 15.9. The minimum absolute atomic E-state index is 0.0442. The summed E-state index contributed by atoms with van der Waals surface area (Å²) in [6, 6.07) is 6.70. The second-order valence-corrected chi connectivity index (χ2v) is 6.36. The number of hydrogen-bond donors (Lipinski definition) is 3. The second-order valence-electron chi connectivity index (χ2n) is 5.96. The van der Waals surface area contributed by atoms with Crippen molar-refractivity contribution in [1.82, 2.24) is 10.2 Å². The van der Waals surface area contributed by atoms with Gasteiger partial charge >= 0.3 is 0 Å². The molecule has 0 aliphatic heterocycles. The fraction of sp³-hybridized carbons (Fsp3) is 0.471. The van der Waals surface area contributed by atoms with E-state index in [1.54, 1.807) is 14.2 Å². The molecule has 4 N–H and O–H groups in total. The van der Waals surface area contributed by atoms with Crippen molar-refractivity contribution < 1.29 is 14.3 Å². The van der Waals surface area contributed by atoms with Crippen LogP contribution in [0, 0.1) is 5.92 Å². The molecule has 0 radical (unpaired) electrons. The van der Waals surface area contributed by atoms with Gasteiger partial charge in [0.05, 0.1) is 7.11 Å². The van der Waals surface area contributed by atoms with Gasteiger partial charge in [0, 0.05) is 25.7 Å². The molecule has 0 saturated heterocycles. The molecule has 1 unspecified atom stereocenters. The molecule has 0 spiro atoms. The highest BCUT2D eigenvalue weighted by Gasteiger charge is 2.27. The minimum Gasteiger partial charge on any atom is -0.497 e. The number of thiocarbonyl (C=S) groups is 1. The average Bonchev–Trinajstić information content (AvgIpc) is 2.54. The van der Waals surface area contributed by atoms with Gasteiger partial charge in [0.2, 0.25) is 11.8 Å². The number of carbonyl (C=O) groups excluding carboxylic acids is 2. The van der Waals surface area contributed by atoms with Gasteiger partial charge in [-0.15, -0.1) is 0 Å². The van der Waals surface area contributed by atoms with Crippen LogP contribution in [0.25, 0.3) is 0 Å². The van der Waals surface area contributed by atoms with Gasteiger partial charge in [-0.2, -0.15) is 0 Å². The van der Waals surface area contributed by atoms with Crippen LogP contribution in [0.4, 0.5) is 5.69 Å². The monoisotopic (exact) mass is 366 g/mol. The van der Waals surface area contributed by atoms with Crippen LogP contribution in [0.1, 0.15) is 20.3 Å². The summed E-state index contributed by atoms with van der Waals surface area (Å²) in [7, 11) is 3.19. The van der Waals surface area contributed by atoms with E-state index >= 15 is 0 Å². The predicted molar refractivity (Wildman–Crippen MR) is 102 cm³/mol. The summed E-state index contributed by atoms with van der Waals surface area (Å²) in [6.07, 6.45) is 0.206. The maximum absolute atomic E-state index is 12.2. The molecule has 25 heavy (non-hydrogen) atoms. The lowest BCUT2D eigenvalue weighted by atomic mass is 10.0. The predicted octanol–water partition coefficient (Wildman–Crippen LogP) is 1.34. The topological polar surface area (TPSA) is 96.7 Å². The van der Waals surface area contributed by atoms with E-state index in [0.717, 1.165) is 11.4 Å². The van der Waals surface area contributed by atoms with Crippen LogP contribution in [0.15, 0.2) is 24.3 Å². The molecule has 0 aliphatic carbocycles. The number of primary amides is 1. The Balaban J connectivity index is 2.43. The summed E-state index contributed by atoms with van der Waals surface area (Å²) in [4.78, 5) is 25.1. The van der Waals surface area contributed by atoms with Gasteiger partial charge in [-0.3, -0.25) is 9.59 Å². The molecule has 0 fully saturated rings. The Labute approximate surface area is 153 Å². The van der Waals surface area contributed by atoms with Crippen LogP contribution >= 0.6 is 12.2 Å². The highest BCUT2D eigenvalue weighted by atomic mass is 32.1. The second kappa shape index (κ2) is 9.83. The van der Waals surface area contributed by atoms with Crippen molar-refractivity contribution in [3.05, 3.63) is 24.3 Å². The Bertz CT molecular complexity index is 604. The van der Waals surface area contributed by atoms with E-state index in [0.29, 0.717) is 11.7 Å². The van der Waals surface area contributed by atoms with Gasteiger partial charge in [0.1, 0.15) is 11.8 Å². The first-order chi connectivity index (χ1) is 11.8. The number of rotatable bonds is 8. The Kier molecular flexibility index (Phi) is 8.13. The number of benzene rings is 1. The number of likely N-dealkylation sites (N-methyl/N-ethyl adjacent to an activating group) is 1. The number of nitrogens with one attached hydrogen (secondary N) is 2. The maximum atomic E-state index is 12.2. The van der Waals surface area contributed by atoms with Crippen molar-refractivity contribution in [1.29, 1.82) is 0 Å². The Morgan fingerprint density at radius 2 is 1.88 bits per heavy atom. The molecule has 0 aliphatic rings. The average molecular weight is 366 g/mol. The van der Waals surface area contributed by atoms with E-state index in [9.17, 15) is 9.59 Å². The minimum atomic E-state index is -0.614. The highest BCUT2D eigenvalue weighted by molar-refractivity contribution is 7.80. The van der Waals surface area contributed by atoms with Gasteiger partial charge in [-0.05, 0) is 42.4 Å². The summed E-state index contributed by atoms with van der Waals surface area (Å²) in [5.74, 6) is 0.0391. The molecule has 1 aromatic carbocycles. The molecule has 138 valence electrons. The van der Waals surface area contributed by atoms with Crippen molar-refractivity contribution in [2.24, 2.45) is 11.7 Å². The zero-order valence-electron chi connectivity index (χ0n) is 15.0. The first kappa shape index (κ1) is 20.7. The van der Waals surface area contributed by atoms with E-state index in [-0.39, 0.29) is 18.2 Å². The van der Waals surface area contributed by atoms with Crippen LogP contribution in [-0.4, -0.2) is 48.6 Å². The maximum Gasteiger partial charge on any atom is 0.240 e. The van der Waals surface area contributed by atoms with Crippen molar-refractivity contribution >= 4 is 34.8 Å². The third kappa shape index (κ3) is 6.58. The number of methoxy groups -OCH3 is 1. The van der Waals surface area contributed by atoms with Crippen molar-refractivity contribution in [2.75, 3.05) is 26.0 Å². The fourth-order valence-electron chi connectivity index (χ4n) is 2.43. The lowest BCUT2D eigenvalue weighted by Gasteiger charge is -2.28. The van der Waals surface area contributed by atoms with Crippen LogP contribution in [-0.2, 0) is 9.59 Å². The molecule has 8 heteroatoms. The first-order valence-corrected chi connectivity index (χ1v) is 8.41. The largest absolute Gasteiger partial charge is 0.497 e. The molecule has 7 nitrogen and oxygen atoms in total. The first-order valence-electron chi connectivity index (χ1n) is 8.00. The van der Waals surface area contributed by atoms with E-state index in [2.05, 4.69) is 10.6 Å². The van der Waals surface area contributed by atoms with Gasteiger partial charge in [0.15, 0.2) is 5.11 Å². The van der Waals surface area contributed by atoms with E-state index in [4.69, 9.17) is 22.7 Å². The standard InChI is InChI=1S/C17H26N4O3S/c1-11(2)15(16(18)23)21(3)14(22)9-10-19-17(25)20-12-5-7-13(24-4)8-6-12/h5-8,11,15H,9-10H2,1-4H3,(H2,18,23)(H2,19,20,25).